The maximum absolute atomic E-state index is 15.0. The number of hydrogen-bond acceptors (Lipinski definition) is 12. The molecule has 6 aliphatic rings. The highest BCUT2D eigenvalue weighted by atomic mass is 32.1. The lowest BCUT2D eigenvalue weighted by molar-refractivity contribution is -0.155. The minimum Gasteiger partial charge on any atom is -0.464 e. The van der Waals surface area contributed by atoms with Crippen molar-refractivity contribution in [2.75, 3.05) is 64.6 Å². The molecule has 3 saturated heterocycles. The Hall–Kier alpha value is -4.62. The van der Waals surface area contributed by atoms with Crippen LogP contribution in [0, 0.1) is 23.2 Å². The van der Waals surface area contributed by atoms with Gasteiger partial charge in [-0.15, -0.1) is 11.3 Å². The standard InChI is InChI=1S/C48H59F3N8O6S/c1-27(63-4)42-34(18-29(21-52-42)57-14-13-56-15-16-64-23-30(56)22-57)43-35-20-47(2,3)26-65-46(62)36-9-6-12-59(55-36)45(61)37(54-44(60)41-31-7-5-8-32(31)41)19-40-53-38(24-66-40)28-10-11-39(33(35)17-28)58(43)25-48(49,50)51/h10-11,17-18,21,24,27,30-32,36-37,41,55H,5-9,12-16,19-20,22-23,25-26H2,1-4H3,(H,54,60)/t27-,30-,31-,32+,36-,37-,41+/m0/s1. The first kappa shape index (κ1) is 45.2. The van der Waals surface area contributed by atoms with E-state index >= 15 is 13.2 Å². The highest BCUT2D eigenvalue weighted by Gasteiger charge is 2.57. The van der Waals surface area contributed by atoms with Crippen molar-refractivity contribution in [3.05, 3.63) is 52.1 Å². The van der Waals surface area contributed by atoms with Gasteiger partial charge in [0.05, 0.1) is 65.9 Å². The van der Waals surface area contributed by atoms with Gasteiger partial charge in [0.15, 0.2) is 0 Å². The summed E-state index contributed by atoms with van der Waals surface area (Å²) in [7, 11) is 1.56. The second kappa shape index (κ2) is 17.8. The van der Waals surface area contributed by atoms with Crippen LogP contribution in [0.1, 0.15) is 75.2 Å². The number of morpholine rings is 1. The van der Waals surface area contributed by atoms with Crippen molar-refractivity contribution >= 4 is 45.7 Å². The number of alkyl halides is 3. The molecule has 6 bridgehead atoms. The van der Waals surface area contributed by atoms with E-state index in [0.717, 1.165) is 44.6 Å². The number of halogens is 3. The first-order valence-corrected chi connectivity index (χ1v) is 24.3. The van der Waals surface area contributed by atoms with Crippen molar-refractivity contribution in [3.63, 3.8) is 0 Å². The number of fused-ring (bicyclic) bond motifs is 8. The van der Waals surface area contributed by atoms with Gasteiger partial charge in [-0.2, -0.15) is 13.2 Å². The Morgan fingerprint density at radius 3 is 2.70 bits per heavy atom. The number of ether oxygens (including phenoxy) is 3. The molecule has 66 heavy (non-hydrogen) atoms. The third-order valence-corrected chi connectivity index (χ3v) is 15.6. The first-order valence-electron chi connectivity index (χ1n) is 23.5. The third kappa shape index (κ3) is 8.95. The number of rotatable bonds is 7. The van der Waals surface area contributed by atoms with E-state index in [1.54, 1.807) is 25.4 Å². The van der Waals surface area contributed by atoms with Crippen molar-refractivity contribution < 1.29 is 41.8 Å². The average molecular weight is 933 g/mol. The Bertz CT molecular complexity index is 2500. The van der Waals surface area contributed by atoms with Gasteiger partial charge in [0.2, 0.25) is 5.91 Å². The molecule has 1 aromatic carbocycles. The maximum atomic E-state index is 15.0. The van der Waals surface area contributed by atoms with Gasteiger partial charge in [0, 0.05) is 85.0 Å². The van der Waals surface area contributed by atoms with Crippen molar-refractivity contribution in [2.24, 2.45) is 23.2 Å². The smallest absolute Gasteiger partial charge is 0.406 e. The van der Waals surface area contributed by atoms with Gasteiger partial charge in [0.25, 0.3) is 5.91 Å². The minimum atomic E-state index is -4.59. The van der Waals surface area contributed by atoms with E-state index in [9.17, 15) is 14.4 Å². The number of piperazine rings is 1. The molecule has 7 atom stereocenters. The van der Waals surface area contributed by atoms with Crippen LogP contribution in [0.5, 0.6) is 0 Å². The summed E-state index contributed by atoms with van der Waals surface area (Å²) in [6.45, 7) is 9.17. The molecule has 18 heteroatoms. The van der Waals surface area contributed by atoms with E-state index in [2.05, 4.69) is 20.5 Å². The van der Waals surface area contributed by atoms with Crippen molar-refractivity contribution in [2.45, 2.75) is 103 Å². The first-order chi connectivity index (χ1) is 31.6. The van der Waals surface area contributed by atoms with Crippen LogP contribution in [-0.4, -0.2) is 126 Å². The molecule has 3 aromatic heterocycles. The molecule has 0 radical (unpaired) electrons. The van der Waals surface area contributed by atoms with E-state index in [4.69, 9.17) is 24.2 Å². The molecule has 2 aliphatic carbocycles. The van der Waals surface area contributed by atoms with Gasteiger partial charge in [-0.25, -0.2) is 10.4 Å². The Balaban J connectivity index is 1.10. The van der Waals surface area contributed by atoms with Crippen LogP contribution in [0.3, 0.4) is 0 Å². The summed E-state index contributed by atoms with van der Waals surface area (Å²) in [6.07, 6.45) is 1.13. The summed E-state index contributed by atoms with van der Waals surface area (Å²) in [5, 5.41) is 7.64. The zero-order valence-corrected chi connectivity index (χ0v) is 38.8. The molecule has 10 rings (SSSR count). The van der Waals surface area contributed by atoms with Gasteiger partial charge in [-0.05, 0) is 74.6 Å². The second-order valence-electron chi connectivity index (χ2n) is 19.9. The zero-order valence-electron chi connectivity index (χ0n) is 38.0. The Labute approximate surface area is 386 Å². The average Bonchev–Trinajstić information content (AvgIpc) is 3.61. The van der Waals surface area contributed by atoms with E-state index in [-0.39, 0.29) is 43.2 Å². The van der Waals surface area contributed by atoms with Gasteiger partial charge in [-0.3, -0.25) is 29.3 Å². The summed E-state index contributed by atoms with van der Waals surface area (Å²) < 4.78 is 64.1. The summed E-state index contributed by atoms with van der Waals surface area (Å²) >= 11 is 1.36. The number of aromatic nitrogens is 3. The maximum Gasteiger partial charge on any atom is 0.406 e. The van der Waals surface area contributed by atoms with Crippen molar-refractivity contribution in [1.29, 1.82) is 0 Å². The number of anilines is 1. The molecular formula is C48H59F3N8O6S. The molecule has 354 valence electrons. The summed E-state index contributed by atoms with van der Waals surface area (Å²) in [5.74, 6) is -0.388. The lowest BCUT2D eigenvalue weighted by Crippen LogP contribution is -2.60. The number of methoxy groups -OCH3 is 1. The van der Waals surface area contributed by atoms with Crippen molar-refractivity contribution in [1.82, 2.24) is 35.2 Å². The molecule has 7 heterocycles. The Kier molecular flexibility index (Phi) is 12.2. The number of pyridine rings is 1. The zero-order chi connectivity index (χ0) is 46.1. The van der Waals surface area contributed by atoms with Crippen molar-refractivity contribution in [3.8, 4) is 22.5 Å². The van der Waals surface area contributed by atoms with Crippen LogP contribution < -0.4 is 15.6 Å². The van der Waals surface area contributed by atoms with E-state index in [1.807, 2.05) is 38.3 Å². The van der Waals surface area contributed by atoms with Crippen LogP contribution in [0.2, 0.25) is 0 Å². The minimum absolute atomic E-state index is 0.0474. The second-order valence-corrected chi connectivity index (χ2v) is 20.9. The van der Waals surface area contributed by atoms with Crippen LogP contribution in [0.15, 0.2) is 35.8 Å². The number of thiazole rings is 1. The predicted molar refractivity (Wildman–Crippen MR) is 242 cm³/mol. The number of amides is 2. The number of esters is 1. The van der Waals surface area contributed by atoms with E-state index in [0.29, 0.717) is 101 Å². The monoisotopic (exact) mass is 932 g/mol. The number of nitrogens with zero attached hydrogens (tertiary/aromatic N) is 6. The molecule has 5 fully saturated rings. The lowest BCUT2D eigenvalue weighted by atomic mass is 9.84. The van der Waals surface area contributed by atoms with Gasteiger partial charge in [0.1, 0.15) is 18.6 Å². The largest absolute Gasteiger partial charge is 0.464 e. The summed E-state index contributed by atoms with van der Waals surface area (Å²) in [4.78, 5) is 56.5. The topological polar surface area (TPSA) is 143 Å². The number of benzene rings is 1. The molecule has 0 unspecified atom stereocenters. The number of carbonyl (C=O) groups excluding carboxylic acids is 3. The quantitative estimate of drug-likeness (QED) is 0.202. The highest BCUT2D eigenvalue weighted by Crippen LogP contribution is 2.57. The molecule has 14 nitrogen and oxygen atoms in total. The van der Waals surface area contributed by atoms with E-state index in [1.165, 1.54) is 20.9 Å². The molecule has 4 aromatic rings. The van der Waals surface area contributed by atoms with Gasteiger partial charge in [-0.1, -0.05) is 26.3 Å². The number of cyclic esters (lactones) is 1. The normalized spacial score (nSPS) is 27.5. The van der Waals surface area contributed by atoms with Crippen LogP contribution >= 0.6 is 11.3 Å². The van der Waals surface area contributed by atoms with Crippen LogP contribution in [-0.2, 0) is 48.0 Å². The summed E-state index contributed by atoms with van der Waals surface area (Å²) in [5.41, 5.74) is 6.88. The van der Waals surface area contributed by atoms with Crippen LogP contribution in [0.4, 0.5) is 18.9 Å². The molecular weight excluding hydrogens is 874 g/mol. The molecule has 0 spiro atoms. The third-order valence-electron chi connectivity index (χ3n) is 14.8. The number of hydrazine groups is 1. The number of nitrogens with one attached hydrogen (secondary N) is 2. The predicted octanol–water partition coefficient (Wildman–Crippen LogP) is 6.31. The fraction of sp³-hybridized carbons (Fsp3) is 0.604. The number of carbonyl (C=O) groups is 3. The fourth-order valence-electron chi connectivity index (χ4n) is 11.2. The highest BCUT2D eigenvalue weighted by molar-refractivity contribution is 7.10. The Morgan fingerprint density at radius 2 is 1.91 bits per heavy atom. The summed E-state index contributed by atoms with van der Waals surface area (Å²) in [6, 6.07) is 5.82. The van der Waals surface area contributed by atoms with Crippen LogP contribution in [0.25, 0.3) is 33.4 Å². The van der Waals surface area contributed by atoms with E-state index < -0.39 is 42.3 Å². The molecule has 2 amide bonds. The molecule has 2 saturated carbocycles. The molecule has 4 aliphatic heterocycles. The fourth-order valence-corrected chi connectivity index (χ4v) is 12.1. The van der Waals surface area contributed by atoms with Gasteiger partial charge < -0.3 is 29.0 Å². The Morgan fingerprint density at radius 1 is 1.09 bits per heavy atom. The van der Waals surface area contributed by atoms with Gasteiger partial charge >= 0.3 is 12.1 Å². The number of hydrogen-bond donors (Lipinski definition) is 2. The SMILES string of the molecule is CO[C@@H](C)c1ncc(N2CCN3CCOC[C@@H]3C2)cc1-c1c2c3cc(ccc3n1CC(F)(F)F)-c1csc(n1)C[C@H](NC(=O)[C@H]1[C@@H]3CCC[C@@H]31)C(=O)N1CCC[C@H](N1)C(=O)OCC(C)(C)C2. The lowest BCUT2D eigenvalue weighted by Gasteiger charge is -2.44. The molecule has 2 N–H and O–H groups in total.